The van der Waals surface area contributed by atoms with Crippen molar-refractivity contribution < 1.29 is 4.92 Å². The van der Waals surface area contributed by atoms with E-state index in [1.807, 2.05) is 0 Å². The summed E-state index contributed by atoms with van der Waals surface area (Å²) in [5.74, 6) is -0.0579. The van der Waals surface area contributed by atoms with Gasteiger partial charge in [-0.1, -0.05) is 4.99 Å². The van der Waals surface area contributed by atoms with Crippen LogP contribution in [-0.4, -0.2) is 29.4 Å². The Labute approximate surface area is 52.1 Å². The van der Waals surface area contributed by atoms with E-state index in [2.05, 4.69) is 4.99 Å². The van der Waals surface area contributed by atoms with Gasteiger partial charge in [-0.15, -0.1) is 0 Å². The number of nitro groups is 1. The topological polar surface area (TPSA) is 58.7 Å². The van der Waals surface area contributed by atoms with Gasteiger partial charge in [0.15, 0.2) is 13.2 Å². The highest BCUT2D eigenvalue weighted by atomic mass is 16.6. The van der Waals surface area contributed by atoms with Gasteiger partial charge in [0.25, 0.3) is 0 Å². The molecule has 0 aliphatic carbocycles. The van der Waals surface area contributed by atoms with Crippen molar-refractivity contribution in [1.82, 2.24) is 4.90 Å². The van der Waals surface area contributed by atoms with Crippen molar-refractivity contribution in [3.05, 3.63) is 16.7 Å². The maximum absolute atomic E-state index is 9.96. The van der Waals surface area contributed by atoms with Gasteiger partial charge in [-0.3, -0.25) is 4.90 Å². The van der Waals surface area contributed by atoms with E-state index in [1.54, 1.807) is 11.9 Å². The molecule has 0 saturated carbocycles. The molecular weight excluding hydrogens is 122 g/mol. The molecule has 1 heterocycles. The fourth-order valence-electron chi connectivity index (χ4n) is 0.568. The molecule has 0 amide bonds. The van der Waals surface area contributed by atoms with E-state index in [1.165, 1.54) is 6.54 Å². The smallest absolute Gasteiger partial charge is 0.354 e. The van der Waals surface area contributed by atoms with Gasteiger partial charge in [0, 0.05) is 0 Å². The van der Waals surface area contributed by atoms with Crippen LogP contribution in [0.25, 0.3) is 0 Å². The molecule has 0 saturated heterocycles. The molecule has 1 aliphatic rings. The summed E-state index contributed by atoms with van der Waals surface area (Å²) in [6, 6.07) is 0. The van der Waals surface area contributed by atoms with Crippen molar-refractivity contribution in [3.8, 4) is 0 Å². The lowest BCUT2D eigenvalue weighted by Crippen LogP contribution is -2.16. The lowest BCUT2D eigenvalue weighted by atomic mass is 10.6. The lowest BCUT2D eigenvalue weighted by Gasteiger charge is -1.97. The third-order valence-electron chi connectivity index (χ3n) is 0.979. The summed E-state index contributed by atoms with van der Waals surface area (Å²) in [4.78, 5) is 14.7. The molecule has 1 rings (SSSR count). The van der Waals surface area contributed by atoms with Gasteiger partial charge in [-0.25, -0.2) is 0 Å². The van der Waals surface area contributed by atoms with Crippen LogP contribution in [0.1, 0.15) is 0 Å². The van der Waals surface area contributed by atoms with Crippen molar-refractivity contribution in [1.29, 1.82) is 0 Å². The zero-order chi connectivity index (χ0) is 6.85. The second-order valence-corrected chi connectivity index (χ2v) is 1.80. The Balaban J connectivity index is 2.55. The third kappa shape index (κ3) is 1.23. The Morgan fingerprint density at radius 1 is 2.00 bits per heavy atom. The third-order valence-corrected chi connectivity index (χ3v) is 0.979. The van der Waals surface area contributed by atoms with E-state index >= 15 is 0 Å². The number of aliphatic imine (C=N–C) groups is 1. The van der Waals surface area contributed by atoms with E-state index in [0.29, 0.717) is 6.67 Å². The van der Waals surface area contributed by atoms with Gasteiger partial charge >= 0.3 is 5.84 Å². The molecule has 5 nitrogen and oxygen atoms in total. The largest absolute Gasteiger partial charge is 0.358 e. The standard InChI is InChI=1S/C4H6N3O2/c1-6-2-4(5-3-6)7(8)9/h2H,3H2,1H3. The quantitative estimate of drug-likeness (QED) is 0.333. The molecule has 1 aliphatic heterocycles. The normalized spacial score (nSPS) is 19.9. The fraction of sp³-hybridized carbons (Fsp3) is 0.500. The maximum atomic E-state index is 9.96. The van der Waals surface area contributed by atoms with Crippen LogP contribution in [0.2, 0.25) is 0 Å². The molecule has 0 aromatic carbocycles. The molecule has 49 valence electrons. The average Bonchev–Trinajstić information content (AvgIpc) is 2.14. The summed E-state index contributed by atoms with van der Waals surface area (Å²) < 4.78 is 0. The van der Waals surface area contributed by atoms with Crippen LogP contribution < -0.4 is 0 Å². The first-order valence-electron chi connectivity index (χ1n) is 2.44. The minimum atomic E-state index is -0.497. The zero-order valence-corrected chi connectivity index (χ0v) is 4.94. The van der Waals surface area contributed by atoms with Gasteiger partial charge in [-0.05, 0) is 12.0 Å². The summed E-state index contributed by atoms with van der Waals surface area (Å²) in [5, 5.41) is 9.96. The molecular formula is C4H6N3O2. The van der Waals surface area contributed by atoms with Gasteiger partial charge < -0.3 is 10.1 Å². The molecule has 0 bridgehead atoms. The van der Waals surface area contributed by atoms with Crippen molar-refractivity contribution in [2.24, 2.45) is 4.99 Å². The number of hydrogen-bond donors (Lipinski definition) is 0. The van der Waals surface area contributed by atoms with E-state index in [0.717, 1.165) is 0 Å². The molecule has 0 aromatic heterocycles. The number of amidine groups is 1. The van der Waals surface area contributed by atoms with E-state index < -0.39 is 4.92 Å². The number of nitrogens with zero attached hydrogens (tertiary/aromatic N) is 3. The molecule has 0 unspecified atom stereocenters. The Morgan fingerprint density at radius 3 is 2.89 bits per heavy atom. The molecule has 9 heavy (non-hydrogen) atoms. The minimum Gasteiger partial charge on any atom is -0.358 e. The van der Waals surface area contributed by atoms with Crippen LogP contribution in [0.3, 0.4) is 0 Å². The predicted molar refractivity (Wildman–Crippen MR) is 31.4 cm³/mol. The SMILES string of the molecule is CN1[CH]C([N+](=O)[O-])=NC1. The summed E-state index contributed by atoms with van der Waals surface area (Å²) in [6.07, 6.45) is 0. The number of hydrogen-bond acceptors (Lipinski definition) is 4. The van der Waals surface area contributed by atoms with Crippen LogP contribution in [0.4, 0.5) is 0 Å². The summed E-state index contributed by atoms with van der Waals surface area (Å²) in [6.45, 7) is 1.80. The molecule has 0 fully saturated rings. The van der Waals surface area contributed by atoms with Crippen LogP contribution in [-0.2, 0) is 0 Å². The van der Waals surface area contributed by atoms with Crippen LogP contribution >= 0.6 is 0 Å². The Morgan fingerprint density at radius 2 is 2.67 bits per heavy atom. The maximum Gasteiger partial charge on any atom is 0.354 e. The van der Waals surface area contributed by atoms with Crippen LogP contribution in [0, 0.1) is 16.7 Å². The second-order valence-electron chi connectivity index (χ2n) is 1.80. The molecule has 1 radical (unpaired) electrons. The minimum absolute atomic E-state index is 0.0579. The monoisotopic (exact) mass is 128 g/mol. The molecule has 0 spiro atoms. The van der Waals surface area contributed by atoms with E-state index in [9.17, 15) is 10.1 Å². The van der Waals surface area contributed by atoms with E-state index in [4.69, 9.17) is 0 Å². The highest BCUT2D eigenvalue weighted by Gasteiger charge is 2.22. The summed E-state index contributed by atoms with van der Waals surface area (Å²) in [5.41, 5.74) is 0. The van der Waals surface area contributed by atoms with Gasteiger partial charge in [0.2, 0.25) is 0 Å². The number of likely N-dealkylation sites (N-methyl/N-ethyl adjacent to an activating group) is 1. The summed E-state index contributed by atoms with van der Waals surface area (Å²) >= 11 is 0. The average molecular weight is 128 g/mol. The fourth-order valence-corrected chi connectivity index (χ4v) is 0.568. The highest BCUT2D eigenvalue weighted by Crippen LogP contribution is 2.01. The first-order valence-corrected chi connectivity index (χ1v) is 2.44. The van der Waals surface area contributed by atoms with Crippen molar-refractivity contribution in [3.63, 3.8) is 0 Å². The Hall–Kier alpha value is -0.970. The van der Waals surface area contributed by atoms with Gasteiger partial charge in [-0.2, -0.15) is 0 Å². The Bertz CT molecular complexity index is 165. The van der Waals surface area contributed by atoms with Crippen molar-refractivity contribution >= 4 is 5.84 Å². The van der Waals surface area contributed by atoms with E-state index in [-0.39, 0.29) is 5.84 Å². The highest BCUT2D eigenvalue weighted by molar-refractivity contribution is 5.83. The van der Waals surface area contributed by atoms with Crippen molar-refractivity contribution in [2.75, 3.05) is 13.7 Å². The summed E-state index contributed by atoms with van der Waals surface area (Å²) in [7, 11) is 1.74. The number of rotatable bonds is 0. The van der Waals surface area contributed by atoms with Crippen molar-refractivity contribution in [2.45, 2.75) is 0 Å². The van der Waals surface area contributed by atoms with Crippen LogP contribution in [0.5, 0.6) is 0 Å². The first kappa shape index (κ1) is 6.15. The molecule has 0 atom stereocenters. The second kappa shape index (κ2) is 2.10. The van der Waals surface area contributed by atoms with Gasteiger partial charge in [0.05, 0.1) is 0 Å². The Kier molecular flexibility index (Phi) is 1.44. The predicted octanol–water partition coefficient (Wildman–Crippen LogP) is -0.274. The van der Waals surface area contributed by atoms with Crippen LogP contribution in [0.15, 0.2) is 4.99 Å². The first-order chi connectivity index (χ1) is 4.20. The molecule has 0 aromatic rings. The molecule has 5 heteroatoms. The molecule has 0 N–H and O–H groups in total. The lowest BCUT2D eigenvalue weighted by molar-refractivity contribution is -0.349. The zero-order valence-electron chi connectivity index (χ0n) is 4.94. The van der Waals surface area contributed by atoms with Gasteiger partial charge in [0.1, 0.15) is 0 Å².